The molecule has 2 heterocycles. The number of amides is 2. The summed E-state index contributed by atoms with van der Waals surface area (Å²) in [6.07, 6.45) is 0.0633. The van der Waals surface area contributed by atoms with Crippen LogP contribution in [0.3, 0.4) is 0 Å². The van der Waals surface area contributed by atoms with Crippen molar-refractivity contribution in [2.24, 2.45) is 0 Å². The minimum atomic E-state index is -1.09. The van der Waals surface area contributed by atoms with Gasteiger partial charge in [-0.1, -0.05) is 45.0 Å². The van der Waals surface area contributed by atoms with Gasteiger partial charge in [0.1, 0.15) is 0 Å². The fraction of sp³-hybridized carbons (Fsp3) is 0.300. The Bertz CT molecular complexity index is 898. The van der Waals surface area contributed by atoms with Gasteiger partial charge in [-0.25, -0.2) is 0 Å². The van der Waals surface area contributed by atoms with Crippen molar-refractivity contribution in [1.29, 1.82) is 0 Å². The number of hydrogen-bond acceptors (Lipinski definition) is 3. The molecule has 0 fully saturated rings. The predicted octanol–water partition coefficient (Wildman–Crippen LogP) is 3.59. The standard InChI is InChI=1S/C20H21N3O2/c1-19(2,3)12-8-9-14-13(10-12)20(11-17(24)21-14)18(25)22-15-6-4-5-7-16(15)23-20/h4-10,23H,11H2,1-3H3,(H,21,24)(H,22,25). The van der Waals surface area contributed by atoms with Crippen LogP contribution in [-0.2, 0) is 20.5 Å². The Morgan fingerprint density at radius 2 is 1.64 bits per heavy atom. The van der Waals surface area contributed by atoms with Gasteiger partial charge in [-0.05, 0) is 29.2 Å². The molecule has 128 valence electrons. The van der Waals surface area contributed by atoms with Crippen molar-refractivity contribution >= 4 is 28.9 Å². The van der Waals surface area contributed by atoms with E-state index in [1.54, 1.807) is 0 Å². The molecule has 1 unspecified atom stereocenters. The zero-order valence-electron chi connectivity index (χ0n) is 14.6. The fourth-order valence-corrected chi connectivity index (χ4v) is 3.53. The van der Waals surface area contributed by atoms with E-state index in [0.29, 0.717) is 5.69 Å². The van der Waals surface area contributed by atoms with Crippen molar-refractivity contribution in [2.45, 2.75) is 38.1 Å². The number of carbonyl (C=O) groups is 2. The van der Waals surface area contributed by atoms with Gasteiger partial charge in [0.15, 0.2) is 5.54 Å². The van der Waals surface area contributed by atoms with Crippen molar-refractivity contribution in [3.8, 4) is 0 Å². The molecule has 3 N–H and O–H groups in total. The van der Waals surface area contributed by atoms with Crippen LogP contribution in [0.2, 0.25) is 0 Å². The maximum absolute atomic E-state index is 13.0. The van der Waals surface area contributed by atoms with Crippen LogP contribution in [0.4, 0.5) is 17.1 Å². The quantitative estimate of drug-likeness (QED) is 0.689. The van der Waals surface area contributed by atoms with E-state index >= 15 is 0 Å². The van der Waals surface area contributed by atoms with E-state index in [4.69, 9.17) is 0 Å². The van der Waals surface area contributed by atoms with E-state index in [9.17, 15) is 9.59 Å². The van der Waals surface area contributed by atoms with Crippen molar-refractivity contribution in [1.82, 2.24) is 0 Å². The number of nitrogens with one attached hydrogen (secondary N) is 3. The van der Waals surface area contributed by atoms with Crippen LogP contribution in [0, 0.1) is 0 Å². The lowest BCUT2D eigenvalue weighted by Crippen LogP contribution is -2.54. The SMILES string of the molecule is CC(C)(C)c1ccc2c(c1)C1(CC(=O)N2)Nc2ccccc2NC1=O. The first-order valence-corrected chi connectivity index (χ1v) is 8.43. The summed E-state index contributed by atoms with van der Waals surface area (Å²) in [6.45, 7) is 6.39. The molecule has 1 spiro atoms. The van der Waals surface area contributed by atoms with Gasteiger partial charge in [0.05, 0.1) is 17.8 Å². The number of hydrogen-bond donors (Lipinski definition) is 3. The molecule has 5 heteroatoms. The number of fused-ring (bicyclic) bond motifs is 3. The van der Waals surface area contributed by atoms with Gasteiger partial charge in [0.2, 0.25) is 5.91 Å². The molecule has 2 aromatic rings. The molecular weight excluding hydrogens is 314 g/mol. The highest BCUT2D eigenvalue weighted by Crippen LogP contribution is 2.44. The molecule has 4 rings (SSSR count). The molecule has 0 saturated heterocycles. The van der Waals surface area contributed by atoms with Crippen LogP contribution >= 0.6 is 0 Å². The highest BCUT2D eigenvalue weighted by molar-refractivity contribution is 6.12. The third-order valence-corrected chi connectivity index (χ3v) is 4.96. The lowest BCUT2D eigenvalue weighted by molar-refractivity contribution is -0.126. The maximum Gasteiger partial charge on any atom is 0.255 e. The second-order valence-electron chi connectivity index (χ2n) is 7.77. The van der Waals surface area contributed by atoms with E-state index < -0.39 is 5.54 Å². The topological polar surface area (TPSA) is 70.2 Å². The Balaban J connectivity index is 1.92. The third kappa shape index (κ3) is 2.38. The average Bonchev–Trinajstić information content (AvgIpc) is 2.54. The first kappa shape index (κ1) is 15.7. The lowest BCUT2D eigenvalue weighted by Gasteiger charge is -2.42. The van der Waals surface area contributed by atoms with Gasteiger partial charge in [-0.15, -0.1) is 0 Å². The Labute approximate surface area is 146 Å². The van der Waals surface area contributed by atoms with Gasteiger partial charge in [-0.2, -0.15) is 0 Å². The normalized spacial score (nSPS) is 21.7. The molecule has 0 radical (unpaired) electrons. The molecule has 2 aliphatic rings. The highest BCUT2D eigenvalue weighted by Gasteiger charge is 2.49. The van der Waals surface area contributed by atoms with Crippen LogP contribution in [0.5, 0.6) is 0 Å². The number of anilines is 3. The summed E-state index contributed by atoms with van der Waals surface area (Å²) in [5, 5.41) is 9.21. The van der Waals surface area contributed by atoms with E-state index in [2.05, 4.69) is 36.7 Å². The first-order valence-electron chi connectivity index (χ1n) is 8.43. The molecule has 0 aliphatic carbocycles. The van der Waals surface area contributed by atoms with Crippen LogP contribution in [0.15, 0.2) is 42.5 Å². The van der Waals surface area contributed by atoms with Gasteiger partial charge >= 0.3 is 0 Å². The summed E-state index contributed by atoms with van der Waals surface area (Å²) in [5.74, 6) is -0.369. The monoisotopic (exact) mass is 335 g/mol. The van der Waals surface area contributed by atoms with E-state index in [1.807, 2.05) is 42.5 Å². The summed E-state index contributed by atoms with van der Waals surface area (Å²) in [6, 6.07) is 13.5. The van der Waals surface area contributed by atoms with Crippen molar-refractivity contribution < 1.29 is 9.59 Å². The smallest absolute Gasteiger partial charge is 0.255 e. The number of para-hydroxylation sites is 2. The second-order valence-corrected chi connectivity index (χ2v) is 7.77. The molecule has 25 heavy (non-hydrogen) atoms. The molecule has 0 aromatic heterocycles. The predicted molar refractivity (Wildman–Crippen MR) is 98.8 cm³/mol. The molecule has 5 nitrogen and oxygen atoms in total. The van der Waals surface area contributed by atoms with E-state index in [0.717, 1.165) is 22.5 Å². The molecule has 2 amide bonds. The molecular formula is C20H21N3O2. The largest absolute Gasteiger partial charge is 0.365 e. The molecule has 2 aliphatic heterocycles. The summed E-state index contributed by atoms with van der Waals surface area (Å²) in [4.78, 5) is 25.4. The molecule has 2 aromatic carbocycles. The van der Waals surface area contributed by atoms with Crippen LogP contribution in [0.1, 0.15) is 38.3 Å². The Hall–Kier alpha value is -2.82. The number of benzene rings is 2. The fourth-order valence-electron chi connectivity index (χ4n) is 3.53. The molecule has 0 saturated carbocycles. The van der Waals surface area contributed by atoms with E-state index in [-0.39, 0.29) is 23.7 Å². The van der Waals surface area contributed by atoms with Crippen LogP contribution in [-0.4, -0.2) is 11.8 Å². The van der Waals surface area contributed by atoms with E-state index in [1.165, 1.54) is 0 Å². The Kier molecular flexibility index (Phi) is 3.19. The second kappa shape index (κ2) is 5.09. The number of rotatable bonds is 0. The van der Waals surface area contributed by atoms with Gasteiger partial charge in [0, 0.05) is 11.3 Å². The lowest BCUT2D eigenvalue weighted by atomic mass is 9.76. The summed E-state index contributed by atoms with van der Waals surface area (Å²) in [7, 11) is 0. The Morgan fingerprint density at radius 1 is 0.920 bits per heavy atom. The zero-order valence-corrected chi connectivity index (χ0v) is 14.6. The minimum absolute atomic E-state index is 0.0548. The maximum atomic E-state index is 13.0. The Morgan fingerprint density at radius 3 is 2.36 bits per heavy atom. The van der Waals surface area contributed by atoms with Gasteiger partial charge in [-0.3, -0.25) is 9.59 Å². The van der Waals surface area contributed by atoms with Gasteiger partial charge < -0.3 is 16.0 Å². The van der Waals surface area contributed by atoms with Crippen molar-refractivity contribution in [2.75, 3.05) is 16.0 Å². The summed E-state index contributed by atoms with van der Waals surface area (Å²) < 4.78 is 0. The summed E-state index contributed by atoms with van der Waals surface area (Å²) in [5.41, 5.74) is 3.03. The minimum Gasteiger partial charge on any atom is -0.365 e. The molecule has 1 atom stereocenters. The third-order valence-electron chi connectivity index (χ3n) is 4.96. The first-order chi connectivity index (χ1) is 11.8. The molecule has 0 bridgehead atoms. The zero-order chi connectivity index (χ0) is 17.8. The summed E-state index contributed by atoms with van der Waals surface area (Å²) >= 11 is 0. The highest BCUT2D eigenvalue weighted by atomic mass is 16.2. The van der Waals surface area contributed by atoms with Crippen LogP contribution in [0.25, 0.3) is 0 Å². The number of carbonyl (C=O) groups excluding carboxylic acids is 2. The van der Waals surface area contributed by atoms with Crippen LogP contribution < -0.4 is 16.0 Å². The average molecular weight is 335 g/mol. The van der Waals surface area contributed by atoms with Gasteiger partial charge in [0.25, 0.3) is 5.91 Å². The van der Waals surface area contributed by atoms with Crippen molar-refractivity contribution in [3.05, 3.63) is 53.6 Å². The van der Waals surface area contributed by atoms with Crippen molar-refractivity contribution in [3.63, 3.8) is 0 Å².